The molecule has 1 rings (SSSR count). The number of amides is 1. The highest BCUT2D eigenvalue weighted by Gasteiger charge is 2.17. The maximum atomic E-state index is 11.8. The van der Waals surface area contributed by atoms with Crippen LogP contribution in [0.15, 0.2) is 12.3 Å². The predicted molar refractivity (Wildman–Crippen MR) is 63.0 cm³/mol. The van der Waals surface area contributed by atoms with Crippen LogP contribution in [0.4, 0.5) is 11.5 Å². The Hall–Kier alpha value is -2.18. The summed E-state index contributed by atoms with van der Waals surface area (Å²) < 4.78 is 0. The molecule has 92 valence electrons. The van der Waals surface area contributed by atoms with Crippen LogP contribution in [-0.2, 0) is 0 Å². The smallest absolute Gasteiger partial charge is 0.288 e. The average molecular weight is 238 g/mol. The molecule has 0 atom stereocenters. The first-order valence-corrected chi connectivity index (χ1v) is 5.08. The van der Waals surface area contributed by atoms with Crippen molar-refractivity contribution in [3.8, 4) is 0 Å². The topological polar surface area (TPSA) is 97.2 Å². The largest absolute Gasteiger partial charge is 0.372 e. The van der Waals surface area contributed by atoms with Crippen LogP contribution >= 0.6 is 0 Å². The summed E-state index contributed by atoms with van der Waals surface area (Å²) >= 11 is 0. The van der Waals surface area contributed by atoms with Crippen LogP contribution in [0.5, 0.6) is 0 Å². The Kier molecular flexibility index (Phi) is 3.97. The average Bonchev–Trinajstić information content (AvgIpc) is 2.27. The predicted octanol–water partition coefficient (Wildman–Crippen LogP) is 1.17. The van der Waals surface area contributed by atoms with Crippen molar-refractivity contribution < 1.29 is 9.72 Å². The van der Waals surface area contributed by atoms with Crippen LogP contribution in [0.2, 0.25) is 0 Å². The number of pyridine rings is 1. The van der Waals surface area contributed by atoms with Gasteiger partial charge in [0.15, 0.2) is 0 Å². The first-order valence-electron chi connectivity index (χ1n) is 5.08. The summed E-state index contributed by atoms with van der Waals surface area (Å²) in [7, 11) is 1.60. The minimum atomic E-state index is -0.585. The van der Waals surface area contributed by atoms with Gasteiger partial charge in [0.1, 0.15) is 12.0 Å². The Morgan fingerprint density at radius 2 is 2.18 bits per heavy atom. The third-order valence-corrected chi connectivity index (χ3v) is 1.99. The molecule has 7 nitrogen and oxygen atoms in total. The highest BCUT2D eigenvalue weighted by atomic mass is 16.6. The summed E-state index contributed by atoms with van der Waals surface area (Å²) in [6.07, 6.45) is 1.11. The van der Waals surface area contributed by atoms with Gasteiger partial charge >= 0.3 is 0 Å². The zero-order valence-corrected chi connectivity index (χ0v) is 9.85. The van der Waals surface area contributed by atoms with Crippen molar-refractivity contribution in [1.82, 2.24) is 10.3 Å². The Bertz CT molecular complexity index is 445. The monoisotopic (exact) mass is 238 g/mol. The summed E-state index contributed by atoms with van der Waals surface area (Å²) in [5.74, 6) is -0.0747. The fourth-order valence-corrected chi connectivity index (χ4v) is 1.27. The van der Waals surface area contributed by atoms with Gasteiger partial charge in [-0.3, -0.25) is 14.9 Å². The van der Waals surface area contributed by atoms with Gasteiger partial charge in [0.25, 0.3) is 11.6 Å². The molecule has 0 unspecified atom stereocenters. The second-order valence-corrected chi connectivity index (χ2v) is 3.72. The summed E-state index contributed by atoms with van der Waals surface area (Å²) in [4.78, 5) is 25.7. The van der Waals surface area contributed by atoms with Crippen molar-refractivity contribution in [2.75, 3.05) is 12.4 Å². The van der Waals surface area contributed by atoms with E-state index in [9.17, 15) is 14.9 Å². The lowest BCUT2D eigenvalue weighted by Crippen LogP contribution is -2.30. The lowest BCUT2D eigenvalue weighted by molar-refractivity contribution is -0.385. The summed E-state index contributed by atoms with van der Waals surface area (Å²) in [6.45, 7) is 3.61. The Labute approximate surface area is 98.4 Å². The molecule has 0 fully saturated rings. The van der Waals surface area contributed by atoms with Crippen molar-refractivity contribution in [3.05, 3.63) is 27.9 Å². The molecule has 0 radical (unpaired) electrons. The normalized spacial score (nSPS) is 10.1. The van der Waals surface area contributed by atoms with E-state index in [4.69, 9.17) is 0 Å². The molecule has 0 bridgehead atoms. The van der Waals surface area contributed by atoms with Gasteiger partial charge in [-0.05, 0) is 13.8 Å². The highest BCUT2D eigenvalue weighted by molar-refractivity contribution is 5.99. The fourth-order valence-electron chi connectivity index (χ4n) is 1.27. The van der Waals surface area contributed by atoms with Gasteiger partial charge in [-0.25, -0.2) is 4.98 Å². The van der Waals surface area contributed by atoms with Crippen LogP contribution in [0, 0.1) is 10.1 Å². The lowest BCUT2D eigenvalue weighted by Gasteiger charge is -2.10. The SMILES string of the molecule is CNc1ncc([N+](=O)[O-])cc1C(=O)NC(C)C. The molecule has 7 heteroatoms. The number of carbonyl (C=O) groups is 1. The van der Waals surface area contributed by atoms with Crippen LogP contribution in [0.1, 0.15) is 24.2 Å². The number of carbonyl (C=O) groups excluding carboxylic acids is 1. The molecule has 0 saturated carbocycles. The molecule has 0 aliphatic carbocycles. The quantitative estimate of drug-likeness (QED) is 0.606. The van der Waals surface area contributed by atoms with Gasteiger partial charge in [0, 0.05) is 19.2 Å². The summed E-state index contributed by atoms with van der Waals surface area (Å²) in [5, 5.41) is 16.0. The minimum absolute atomic E-state index is 0.0496. The van der Waals surface area contributed by atoms with Crippen LogP contribution < -0.4 is 10.6 Å². The molecular weight excluding hydrogens is 224 g/mol. The fraction of sp³-hybridized carbons (Fsp3) is 0.400. The number of nitrogens with zero attached hydrogens (tertiary/aromatic N) is 2. The molecule has 1 amide bonds. The third kappa shape index (κ3) is 3.13. The second kappa shape index (κ2) is 5.24. The van der Waals surface area contributed by atoms with Gasteiger partial charge in [0.05, 0.1) is 10.5 Å². The first kappa shape index (κ1) is 12.9. The Morgan fingerprint density at radius 3 is 2.65 bits per heavy atom. The van der Waals surface area contributed by atoms with Gasteiger partial charge in [0.2, 0.25) is 0 Å². The van der Waals surface area contributed by atoms with E-state index in [1.165, 1.54) is 6.07 Å². The number of hydrogen-bond donors (Lipinski definition) is 2. The number of anilines is 1. The molecule has 0 spiro atoms. The van der Waals surface area contributed by atoms with Gasteiger partial charge < -0.3 is 10.6 Å². The molecule has 1 heterocycles. The second-order valence-electron chi connectivity index (χ2n) is 3.72. The van der Waals surface area contributed by atoms with Crippen LogP contribution in [0.25, 0.3) is 0 Å². The molecular formula is C10H14N4O3. The molecule has 0 aliphatic rings. The van der Waals surface area contributed by atoms with Gasteiger partial charge in [-0.15, -0.1) is 0 Å². The molecule has 0 saturated heterocycles. The first-order chi connectivity index (χ1) is 7.95. The summed E-state index contributed by atoms with van der Waals surface area (Å²) in [5.41, 5.74) is -0.0479. The van der Waals surface area contributed by atoms with Crippen molar-refractivity contribution in [2.24, 2.45) is 0 Å². The summed E-state index contributed by atoms with van der Waals surface area (Å²) in [6, 6.07) is 1.16. The van der Waals surface area contributed by atoms with Crippen LogP contribution in [-0.4, -0.2) is 28.9 Å². The van der Waals surface area contributed by atoms with E-state index in [1.54, 1.807) is 7.05 Å². The van der Waals surface area contributed by atoms with E-state index in [0.717, 1.165) is 6.20 Å². The molecule has 0 aromatic carbocycles. The van der Waals surface area contributed by atoms with Gasteiger partial charge in [-0.2, -0.15) is 0 Å². The third-order valence-electron chi connectivity index (χ3n) is 1.99. The number of aromatic nitrogens is 1. The molecule has 1 aromatic heterocycles. The van der Waals surface area contributed by atoms with E-state index < -0.39 is 4.92 Å². The maximum Gasteiger partial charge on any atom is 0.288 e. The number of nitro groups is 1. The van der Waals surface area contributed by atoms with E-state index in [0.29, 0.717) is 5.82 Å². The number of nitrogens with one attached hydrogen (secondary N) is 2. The Balaban J connectivity index is 3.14. The van der Waals surface area contributed by atoms with Crippen molar-refractivity contribution >= 4 is 17.4 Å². The van der Waals surface area contributed by atoms with Gasteiger partial charge in [-0.1, -0.05) is 0 Å². The molecule has 17 heavy (non-hydrogen) atoms. The van der Waals surface area contributed by atoms with E-state index in [-0.39, 0.29) is 23.2 Å². The van der Waals surface area contributed by atoms with Crippen LogP contribution in [0.3, 0.4) is 0 Å². The van der Waals surface area contributed by atoms with Crippen molar-refractivity contribution in [2.45, 2.75) is 19.9 Å². The maximum absolute atomic E-state index is 11.8. The standard InChI is InChI=1S/C10H14N4O3/c1-6(2)13-10(15)8-4-7(14(16)17)5-12-9(8)11-3/h4-6H,1-3H3,(H,11,12)(H,13,15). The van der Waals surface area contributed by atoms with E-state index in [1.807, 2.05) is 13.8 Å². The zero-order chi connectivity index (χ0) is 13.0. The molecule has 1 aromatic rings. The number of hydrogen-bond acceptors (Lipinski definition) is 5. The minimum Gasteiger partial charge on any atom is -0.372 e. The van der Waals surface area contributed by atoms with E-state index >= 15 is 0 Å². The number of rotatable bonds is 4. The van der Waals surface area contributed by atoms with E-state index in [2.05, 4.69) is 15.6 Å². The Morgan fingerprint density at radius 1 is 1.53 bits per heavy atom. The molecule has 0 aliphatic heterocycles. The van der Waals surface area contributed by atoms with Crippen molar-refractivity contribution in [3.63, 3.8) is 0 Å². The highest BCUT2D eigenvalue weighted by Crippen LogP contribution is 2.18. The lowest BCUT2D eigenvalue weighted by atomic mass is 10.2. The zero-order valence-electron chi connectivity index (χ0n) is 9.85. The molecule has 2 N–H and O–H groups in total. The van der Waals surface area contributed by atoms with Crippen molar-refractivity contribution in [1.29, 1.82) is 0 Å².